The number of anilines is 1. The molecule has 0 aliphatic carbocycles. The second kappa shape index (κ2) is 14.6. The van der Waals surface area contributed by atoms with Gasteiger partial charge in [0.25, 0.3) is 10.0 Å². The second-order valence-corrected chi connectivity index (χ2v) is 12.7. The molecular weight excluding hydrogens is 605 g/mol. The number of aryl methyl sites for hydroxylation is 1. The van der Waals surface area contributed by atoms with Gasteiger partial charge in [-0.05, 0) is 73.0 Å². The molecule has 0 aliphatic heterocycles. The minimum absolute atomic E-state index is 0.0420. The van der Waals surface area contributed by atoms with Gasteiger partial charge in [0.1, 0.15) is 12.6 Å². The molecule has 224 valence electrons. The molecule has 10 heteroatoms. The first-order valence-electron chi connectivity index (χ1n) is 13.8. The Morgan fingerprint density at radius 1 is 0.837 bits per heavy atom. The first-order chi connectivity index (χ1) is 20.6. The summed E-state index contributed by atoms with van der Waals surface area (Å²) in [5.74, 6) is -0.879. The van der Waals surface area contributed by atoms with Crippen LogP contribution < -0.4 is 9.62 Å². The number of carbonyl (C=O) groups is 2. The van der Waals surface area contributed by atoms with Gasteiger partial charge in [-0.25, -0.2) is 8.42 Å². The minimum atomic E-state index is -4.24. The van der Waals surface area contributed by atoms with Gasteiger partial charge in [-0.2, -0.15) is 0 Å². The van der Waals surface area contributed by atoms with E-state index in [-0.39, 0.29) is 29.5 Å². The number of nitrogens with zero attached hydrogens (tertiary/aromatic N) is 2. The molecule has 43 heavy (non-hydrogen) atoms. The standard InChI is InChI=1S/C33H33Cl2N3O4S/c1-3-36-33(40)31(20-25-11-5-4-6-12-25)37(22-26-13-8-7-10-24(26)2)32(39)23-38(29-15-9-14-28(35)21-29)43(41,42)30-18-16-27(34)17-19-30/h4-19,21,31H,3,20,22-23H2,1-2H3,(H,36,40). The lowest BCUT2D eigenvalue weighted by molar-refractivity contribution is -0.140. The molecule has 1 unspecified atom stereocenters. The van der Waals surface area contributed by atoms with Gasteiger partial charge in [0.15, 0.2) is 0 Å². The molecule has 0 bridgehead atoms. The summed E-state index contributed by atoms with van der Waals surface area (Å²) in [5, 5.41) is 3.54. The van der Waals surface area contributed by atoms with Crippen molar-refractivity contribution in [3.05, 3.63) is 130 Å². The Balaban J connectivity index is 1.80. The topological polar surface area (TPSA) is 86.8 Å². The number of amides is 2. The number of benzene rings is 4. The molecule has 1 N–H and O–H groups in total. The fourth-order valence-corrected chi connectivity index (χ4v) is 6.43. The van der Waals surface area contributed by atoms with E-state index in [1.54, 1.807) is 18.2 Å². The average Bonchev–Trinajstić information content (AvgIpc) is 2.99. The van der Waals surface area contributed by atoms with Gasteiger partial charge < -0.3 is 10.2 Å². The van der Waals surface area contributed by atoms with E-state index in [9.17, 15) is 18.0 Å². The van der Waals surface area contributed by atoms with Crippen LogP contribution in [0.15, 0.2) is 108 Å². The Labute approximate surface area is 263 Å². The number of hydrogen-bond donors (Lipinski definition) is 1. The van der Waals surface area contributed by atoms with Crippen LogP contribution in [0.3, 0.4) is 0 Å². The van der Waals surface area contributed by atoms with E-state index in [1.807, 2.05) is 68.4 Å². The SMILES string of the molecule is CCNC(=O)C(Cc1ccccc1)N(Cc1ccccc1C)C(=O)CN(c1cccc(Cl)c1)S(=O)(=O)c1ccc(Cl)cc1. The fourth-order valence-electron chi connectivity index (χ4n) is 4.71. The van der Waals surface area contributed by atoms with Gasteiger partial charge in [-0.15, -0.1) is 0 Å². The first-order valence-corrected chi connectivity index (χ1v) is 16.0. The smallest absolute Gasteiger partial charge is 0.264 e. The molecule has 7 nitrogen and oxygen atoms in total. The Kier molecular flexibility index (Phi) is 10.9. The molecular formula is C33H33Cl2N3O4S. The van der Waals surface area contributed by atoms with Crippen LogP contribution in [0.2, 0.25) is 10.0 Å². The number of halogens is 2. The number of hydrogen-bond acceptors (Lipinski definition) is 4. The molecule has 0 saturated carbocycles. The molecule has 1 atom stereocenters. The van der Waals surface area contributed by atoms with Gasteiger partial charge in [0.2, 0.25) is 11.8 Å². The van der Waals surface area contributed by atoms with Crippen molar-refractivity contribution in [3.8, 4) is 0 Å². The Morgan fingerprint density at radius 2 is 1.51 bits per heavy atom. The maximum Gasteiger partial charge on any atom is 0.264 e. The average molecular weight is 639 g/mol. The van der Waals surface area contributed by atoms with E-state index in [4.69, 9.17) is 23.2 Å². The van der Waals surface area contributed by atoms with Crippen LogP contribution in [0.25, 0.3) is 0 Å². The van der Waals surface area contributed by atoms with Crippen LogP contribution in [0.5, 0.6) is 0 Å². The largest absolute Gasteiger partial charge is 0.355 e. The zero-order chi connectivity index (χ0) is 31.0. The zero-order valence-corrected chi connectivity index (χ0v) is 26.2. The fraction of sp³-hybridized carbons (Fsp3) is 0.212. The molecule has 0 aromatic heterocycles. The highest BCUT2D eigenvalue weighted by Gasteiger charge is 2.34. The molecule has 0 fully saturated rings. The predicted molar refractivity (Wildman–Crippen MR) is 172 cm³/mol. The predicted octanol–water partition coefficient (Wildman–Crippen LogP) is 6.27. The third-order valence-corrected chi connectivity index (χ3v) is 9.28. The van der Waals surface area contributed by atoms with Crippen molar-refractivity contribution >= 4 is 50.7 Å². The van der Waals surface area contributed by atoms with Crippen LogP contribution in [-0.2, 0) is 32.6 Å². The van der Waals surface area contributed by atoms with Crippen molar-refractivity contribution in [2.45, 2.75) is 37.8 Å². The highest BCUT2D eigenvalue weighted by atomic mass is 35.5. The highest BCUT2D eigenvalue weighted by molar-refractivity contribution is 7.92. The normalized spacial score (nSPS) is 11.9. The van der Waals surface area contributed by atoms with E-state index in [0.717, 1.165) is 21.0 Å². The van der Waals surface area contributed by atoms with Crippen molar-refractivity contribution in [1.82, 2.24) is 10.2 Å². The van der Waals surface area contributed by atoms with Crippen molar-refractivity contribution in [2.75, 3.05) is 17.4 Å². The third-order valence-electron chi connectivity index (χ3n) is 7.00. The molecule has 0 spiro atoms. The van der Waals surface area contributed by atoms with Crippen LogP contribution in [-0.4, -0.2) is 44.3 Å². The summed E-state index contributed by atoms with van der Waals surface area (Å²) in [6.07, 6.45) is 0.241. The quantitative estimate of drug-likeness (QED) is 0.198. The van der Waals surface area contributed by atoms with E-state index in [0.29, 0.717) is 16.6 Å². The van der Waals surface area contributed by atoms with Crippen molar-refractivity contribution < 1.29 is 18.0 Å². The summed E-state index contributed by atoms with van der Waals surface area (Å²) in [7, 11) is -4.24. The van der Waals surface area contributed by atoms with E-state index in [1.165, 1.54) is 35.2 Å². The second-order valence-electron chi connectivity index (χ2n) is 9.99. The Bertz CT molecular complexity index is 1670. The van der Waals surface area contributed by atoms with Gasteiger partial charge in [-0.3, -0.25) is 13.9 Å². The maximum atomic E-state index is 14.4. The summed E-state index contributed by atoms with van der Waals surface area (Å²) < 4.78 is 29.0. The zero-order valence-electron chi connectivity index (χ0n) is 23.9. The number of likely N-dealkylation sites (N-methyl/N-ethyl adjacent to an activating group) is 1. The first kappa shape index (κ1) is 32.1. The highest BCUT2D eigenvalue weighted by Crippen LogP contribution is 2.28. The number of nitrogens with one attached hydrogen (secondary N) is 1. The lowest BCUT2D eigenvalue weighted by Gasteiger charge is -2.34. The Morgan fingerprint density at radius 3 is 2.16 bits per heavy atom. The minimum Gasteiger partial charge on any atom is -0.355 e. The van der Waals surface area contributed by atoms with Crippen LogP contribution in [0.1, 0.15) is 23.6 Å². The maximum absolute atomic E-state index is 14.4. The van der Waals surface area contributed by atoms with Gasteiger partial charge >= 0.3 is 0 Å². The van der Waals surface area contributed by atoms with E-state index >= 15 is 0 Å². The third kappa shape index (κ3) is 8.16. The molecule has 4 rings (SSSR count). The Hall–Kier alpha value is -3.85. The number of rotatable bonds is 12. The lowest BCUT2D eigenvalue weighted by atomic mass is 10.0. The molecule has 4 aromatic carbocycles. The van der Waals surface area contributed by atoms with Crippen LogP contribution >= 0.6 is 23.2 Å². The van der Waals surface area contributed by atoms with Gasteiger partial charge in [0.05, 0.1) is 10.6 Å². The van der Waals surface area contributed by atoms with Crippen LogP contribution in [0, 0.1) is 6.92 Å². The summed E-state index contributed by atoms with van der Waals surface area (Å²) in [6, 6.07) is 28.1. The number of sulfonamides is 1. The molecule has 0 aliphatic rings. The monoisotopic (exact) mass is 637 g/mol. The van der Waals surface area contributed by atoms with Gasteiger partial charge in [-0.1, -0.05) is 83.9 Å². The van der Waals surface area contributed by atoms with E-state index in [2.05, 4.69) is 5.32 Å². The molecule has 0 saturated heterocycles. The lowest BCUT2D eigenvalue weighted by Crippen LogP contribution is -2.53. The van der Waals surface area contributed by atoms with E-state index < -0.39 is 28.5 Å². The summed E-state index contributed by atoms with van der Waals surface area (Å²) in [6.45, 7) is 3.65. The van der Waals surface area contributed by atoms with Crippen molar-refractivity contribution in [2.24, 2.45) is 0 Å². The molecule has 0 heterocycles. The van der Waals surface area contributed by atoms with Gasteiger partial charge in [0, 0.05) is 29.6 Å². The molecule has 0 radical (unpaired) electrons. The summed E-state index contributed by atoms with van der Waals surface area (Å²) in [4.78, 5) is 29.4. The van der Waals surface area contributed by atoms with Crippen LogP contribution in [0.4, 0.5) is 5.69 Å². The van der Waals surface area contributed by atoms with Crippen molar-refractivity contribution in [3.63, 3.8) is 0 Å². The summed E-state index contributed by atoms with van der Waals surface area (Å²) >= 11 is 12.3. The molecule has 4 aromatic rings. The molecule has 2 amide bonds. The summed E-state index contributed by atoms with van der Waals surface area (Å²) in [5.41, 5.74) is 2.86. The van der Waals surface area contributed by atoms with Crippen molar-refractivity contribution in [1.29, 1.82) is 0 Å². The number of carbonyl (C=O) groups excluding carboxylic acids is 2.